The van der Waals surface area contributed by atoms with Crippen LogP contribution in [0.15, 0.2) is 35.5 Å². The maximum atomic E-state index is 4.86. The first kappa shape index (κ1) is 6.81. The lowest BCUT2D eigenvalue weighted by Gasteiger charge is -1.93. The molecule has 10 heavy (non-hydrogen) atoms. The predicted octanol–water partition coefficient (Wildman–Crippen LogP) is 1.89. The van der Waals surface area contributed by atoms with Gasteiger partial charge in [0.15, 0.2) is 5.75 Å². The topological polar surface area (TPSA) is 21.6 Å². The third-order valence-electron chi connectivity index (χ3n) is 0.976. The van der Waals surface area contributed by atoms with Crippen molar-refractivity contribution in [3.05, 3.63) is 37.3 Å². The Labute approximate surface area is 60.1 Å². The van der Waals surface area contributed by atoms with Crippen LogP contribution in [0.25, 0.3) is 0 Å². The third kappa shape index (κ3) is 1.90. The van der Waals surface area contributed by atoms with Gasteiger partial charge in [-0.2, -0.15) is 0 Å². The Hall–Kier alpha value is -1.31. The van der Waals surface area contributed by atoms with Crippen LogP contribution in [0.2, 0.25) is 0 Å². The van der Waals surface area contributed by atoms with Gasteiger partial charge in [-0.1, -0.05) is 23.4 Å². The summed E-state index contributed by atoms with van der Waals surface area (Å²) in [6.45, 7) is 3.38. The van der Waals surface area contributed by atoms with Crippen LogP contribution in [0.1, 0.15) is 0 Å². The second kappa shape index (κ2) is 3.67. The van der Waals surface area contributed by atoms with Crippen LogP contribution in [0, 0.1) is 6.92 Å². The SMILES string of the molecule is [CH2]C=NOc1ccccc1. The molecular formula is C8H8NO. The summed E-state index contributed by atoms with van der Waals surface area (Å²) in [5.41, 5.74) is 0. The molecule has 0 unspecified atom stereocenters. The van der Waals surface area contributed by atoms with Crippen molar-refractivity contribution in [3.63, 3.8) is 0 Å². The molecule has 2 nitrogen and oxygen atoms in total. The summed E-state index contributed by atoms with van der Waals surface area (Å²) in [5.74, 6) is 0.724. The summed E-state index contributed by atoms with van der Waals surface area (Å²) in [4.78, 5) is 4.86. The second-order valence-electron chi connectivity index (χ2n) is 1.69. The predicted molar refractivity (Wildman–Crippen MR) is 40.9 cm³/mol. The van der Waals surface area contributed by atoms with Crippen LogP contribution in [-0.4, -0.2) is 6.21 Å². The molecule has 0 aliphatic carbocycles. The number of rotatable bonds is 2. The fraction of sp³-hybridized carbons (Fsp3) is 0. The number of benzene rings is 1. The zero-order valence-corrected chi connectivity index (χ0v) is 5.53. The molecule has 0 atom stereocenters. The van der Waals surface area contributed by atoms with Crippen LogP contribution in [-0.2, 0) is 0 Å². The molecule has 0 N–H and O–H groups in total. The highest BCUT2D eigenvalue weighted by molar-refractivity contribution is 5.60. The maximum absolute atomic E-state index is 4.86. The average Bonchev–Trinajstić information content (AvgIpc) is 2.03. The third-order valence-corrected chi connectivity index (χ3v) is 0.976. The van der Waals surface area contributed by atoms with Crippen LogP contribution < -0.4 is 4.84 Å². The minimum absolute atomic E-state index is 0.724. The smallest absolute Gasteiger partial charge is 0.157 e. The zero-order valence-electron chi connectivity index (χ0n) is 5.53. The van der Waals surface area contributed by atoms with Gasteiger partial charge in [-0.05, 0) is 19.1 Å². The fourth-order valence-electron chi connectivity index (χ4n) is 0.579. The van der Waals surface area contributed by atoms with Gasteiger partial charge in [-0.3, -0.25) is 0 Å². The summed E-state index contributed by atoms with van der Waals surface area (Å²) >= 11 is 0. The van der Waals surface area contributed by atoms with Crippen molar-refractivity contribution in [2.75, 3.05) is 0 Å². The van der Waals surface area contributed by atoms with Crippen LogP contribution in [0.3, 0.4) is 0 Å². The minimum Gasteiger partial charge on any atom is -0.357 e. The first-order valence-electron chi connectivity index (χ1n) is 2.96. The van der Waals surface area contributed by atoms with E-state index in [-0.39, 0.29) is 0 Å². The van der Waals surface area contributed by atoms with Gasteiger partial charge in [-0.15, -0.1) is 0 Å². The number of hydrogen-bond acceptors (Lipinski definition) is 2. The van der Waals surface area contributed by atoms with E-state index < -0.39 is 0 Å². The second-order valence-corrected chi connectivity index (χ2v) is 1.69. The first-order chi connectivity index (χ1) is 4.93. The molecule has 0 fully saturated rings. The normalized spacial score (nSPS) is 10.1. The van der Waals surface area contributed by atoms with Crippen LogP contribution in [0.4, 0.5) is 0 Å². The standard InChI is InChI=1S/C8H8NO/c1-2-9-10-8-6-4-3-5-7-8/h2-7H,1H2. The van der Waals surface area contributed by atoms with Gasteiger partial charge < -0.3 is 4.84 Å². The van der Waals surface area contributed by atoms with Crippen molar-refractivity contribution in [1.82, 2.24) is 0 Å². The number of hydrogen-bond donors (Lipinski definition) is 0. The van der Waals surface area contributed by atoms with Crippen molar-refractivity contribution >= 4 is 6.21 Å². The van der Waals surface area contributed by atoms with Gasteiger partial charge >= 0.3 is 0 Å². The van der Waals surface area contributed by atoms with E-state index in [1.807, 2.05) is 30.3 Å². The van der Waals surface area contributed by atoms with Gasteiger partial charge in [-0.25, -0.2) is 0 Å². The molecule has 0 aromatic heterocycles. The Morgan fingerprint density at radius 2 is 2.00 bits per heavy atom. The molecule has 51 valence electrons. The molecule has 0 aliphatic rings. The highest BCUT2D eigenvalue weighted by atomic mass is 16.6. The van der Waals surface area contributed by atoms with Crippen molar-refractivity contribution in [2.24, 2.45) is 5.16 Å². The van der Waals surface area contributed by atoms with E-state index in [9.17, 15) is 0 Å². The molecular weight excluding hydrogens is 126 g/mol. The van der Waals surface area contributed by atoms with Crippen molar-refractivity contribution in [3.8, 4) is 5.75 Å². The zero-order chi connectivity index (χ0) is 7.23. The van der Waals surface area contributed by atoms with E-state index in [0.29, 0.717) is 0 Å². The number of nitrogens with zero attached hydrogens (tertiary/aromatic N) is 1. The lowest BCUT2D eigenvalue weighted by molar-refractivity contribution is 0.344. The molecule has 1 aromatic carbocycles. The average molecular weight is 134 g/mol. The molecule has 0 saturated heterocycles. The van der Waals surface area contributed by atoms with Gasteiger partial charge in [0.2, 0.25) is 0 Å². The summed E-state index contributed by atoms with van der Waals surface area (Å²) in [6, 6.07) is 9.34. The Bertz CT molecular complexity index is 206. The lowest BCUT2D eigenvalue weighted by Crippen LogP contribution is -1.80. The Morgan fingerprint density at radius 3 is 2.60 bits per heavy atom. The molecule has 0 heterocycles. The van der Waals surface area contributed by atoms with E-state index in [2.05, 4.69) is 12.1 Å². The molecule has 0 amide bonds. The van der Waals surface area contributed by atoms with Crippen LogP contribution >= 0.6 is 0 Å². The van der Waals surface area contributed by atoms with E-state index in [1.54, 1.807) is 0 Å². The lowest BCUT2D eigenvalue weighted by atomic mass is 10.3. The highest BCUT2D eigenvalue weighted by Gasteiger charge is 1.84. The van der Waals surface area contributed by atoms with Crippen molar-refractivity contribution < 1.29 is 4.84 Å². The molecule has 1 rings (SSSR count). The first-order valence-corrected chi connectivity index (χ1v) is 2.96. The Kier molecular flexibility index (Phi) is 2.49. The van der Waals surface area contributed by atoms with Crippen LogP contribution in [0.5, 0.6) is 5.75 Å². The van der Waals surface area contributed by atoms with Crippen molar-refractivity contribution in [1.29, 1.82) is 0 Å². The molecule has 0 bridgehead atoms. The quantitative estimate of drug-likeness (QED) is 0.447. The van der Waals surface area contributed by atoms with Gasteiger partial charge in [0.1, 0.15) is 0 Å². The van der Waals surface area contributed by atoms with Gasteiger partial charge in [0.25, 0.3) is 0 Å². The largest absolute Gasteiger partial charge is 0.357 e. The van der Waals surface area contributed by atoms with Crippen molar-refractivity contribution in [2.45, 2.75) is 0 Å². The monoisotopic (exact) mass is 134 g/mol. The number of para-hydroxylation sites is 1. The molecule has 0 aliphatic heterocycles. The van der Waals surface area contributed by atoms with E-state index in [0.717, 1.165) is 5.75 Å². The highest BCUT2D eigenvalue weighted by Crippen LogP contribution is 2.07. The Balaban J connectivity index is 2.59. The molecule has 1 radical (unpaired) electrons. The summed E-state index contributed by atoms with van der Waals surface area (Å²) in [6.07, 6.45) is 1.35. The maximum Gasteiger partial charge on any atom is 0.157 e. The molecule has 0 spiro atoms. The summed E-state index contributed by atoms with van der Waals surface area (Å²) in [7, 11) is 0. The van der Waals surface area contributed by atoms with Gasteiger partial charge in [0.05, 0.1) is 0 Å². The van der Waals surface area contributed by atoms with E-state index in [1.165, 1.54) is 6.21 Å². The summed E-state index contributed by atoms with van der Waals surface area (Å²) in [5, 5.41) is 3.51. The van der Waals surface area contributed by atoms with E-state index in [4.69, 9.17) is 4.84 Å². The van der Waals surface area contributed by atoms with E-state index >= 15 is 0 Å². The molecule has 1 aromatic rings. The Morgan fingerprint density at radius 1 is 1.30 bits per heavy atom. The molecule has 0 saturated carbocycles. The summed E-state index contributed by atoms with van der Waals surface area (Å²) < 4.78 is 0. The minimum atomic E-state index is 0.724. The number of oxime groups is 1. The molecule has 2 heteroatoms. The fourth-order valence-corrected chi connectivity index (χ4v) is 0.579. The van der Waals surface area contributed by atoms with Gasteiger partial charge in [0, 0.05) is 6.21 Å².